The number of Topliss-reactive ketones (excluding diaryl/α,β-unsaturated/α-hetero) is 1. The summed E-state index contributed by atoms with van der Waals surface area (Å²) in [4.78, 5) is 22.2. The van der Waals surface area contributed by atoms with Gasteiger partial charge in [-0.3, -0.25) is 9.59 Å². The highest BCUT2D eigenvalue weighted by molar-refractivity contribution is 6.00. The SMILES string of the molecule is CCOc1ccc(C(F)(F)F)cc1C(=O)CCC(=O)O. The van der Waals surface area contributed by atoms with Crippen LogP contribution in [0, 0.1) is 0 Å². The van der Waals surface area contributed by atoms with Crippen molar-refractivity contribution in [3.05, 3.63) is 29.3 Å². The first kappa shape index (κ1) is 16.0. The summed E-state index contributed by atoms with van der Waals surface area (Å²) >= 11 is 0. The lowest BCUT2D eigenvalue weighted by molar-refractivity contribution is -0.138. The second-order valence-electron chi connectivity index (χ2n) is 3.96. The Bertz CT molecular complexity index is 509. The van der Waals surface area contributed by atoms with E-state index in [2.05, 4.69) is 0 Å². The summed E-state index contributed by atoms with van der Waals surface area (Å²) < 4.78 is 42.9. The largest absolute Gasteiger partial charge is 0.493 e. The Morgan fingerprint density at radius 2 is 1.90 bits per heavy atom. The van der Waals surface area contributed by atoms with Crippen LogP contribution in [0.4, 0.5) is 13.2 Å². The zero-order valence-electron chi connectivity index (χ0n) is 10.7. The van der Waals surface area contributed by atoms with E-state index in [1.54, 1.807) is 6.92 Å². The number of ether oxygens (including phenoxy) is 1. The van der Waals surface area contributed by atoms with Crippen LogP contribution in [0.2, 0.25) is 0 Å². The van der Waals surface area contributed by atoms with Crippen molar-refractivity contribution in [2.24, 2.45) is 0 Å². The van der Waals surface area contributed by atoms with Crippen molar-refractivity contribution in [3.63, 3.8) is 0 Å². The minimum atomic E-state index is -4.58. The Balaban J connectivity index is 3.11. The monoisotopic (exact) mass is 290 g/mol. The number of carboxylic acid groups (broad SMARTS) is 1. The van der Waals surface area contributed by atoms with Crippen LogP contribution in [0.1, 0.15) is 35.7 Å². The van der Waals surface area contributed by atoms with Gasteiger partial charge in [0.05, 0.1) is 24.2 Å². The molecule has 0 aliphatic carbocycles. The van der Waals surface area contributed by atoms with E-state index in [4.69, 9.17) is 9.84 Å². The predicted octanol–water partition coefficient (Wildman–Crippen LogP) is 3.15. The summed E-state index contributed by atoms with van der Waals surface area (Å²) in [6.45, 7) is 1.81. The number of halogens is 3. The molecule has 110 valence electrons. The topological polar surface area (TPSA) is 63.6 Å². The van der Waals surface area contributed by atoms with Gasteiger partial charge in [0.15, 0.2) is 5.78 Å². The molecule has 20 heavy (non-hydrogen) atoms. The molecule has 4 nitrogen and oxygen atoms in total. The maximum atomic E-state index is 12.6. The molecule has 1 rings (SSSR count). The first-order valence-electron chi connectivity index (χ1n) is 5.84. The van der Waals surface area contributed by atoms with Crippen molar-refractivity contribution in [1.82, 2.24) is 0 Å². The standard InChI is InChI=1S/C13H13F3O4/c1-2-20-11-5-3-8(13(14,15)16)7-9(11)10(17)4-6-12(18)19/h3,5,7H,2,4,6H2,1H3,(H,18,19). The van der Waals surface area contributed by atoms with Gasteiger partial charge >= 0.3 is 12.1 Å². The molecule has 7 heteroatoms. The van der Waals surface area contributed by atoms with Crippen molar-refractivity contribution in [1.29, 1.82) is 0 Å². The van der Waals surface area contributed by atoms with Crippen LogP contribution < -0.4 is 4.74 Å². The predicted molar refractivity (Wildman–Crippen MR) is 63.8 cm³/mol. The first-order chi connectivity index (χ1) is 9.25. The van der Waals surface area contributed by atoms with Crippen LogP contribution >= 0.6 is 0 Å². The van der Waals surface area contributed by atoms with E-state index < -0.39 is 29.9 Å². The van der Waals surface area contributed by atoms with Crippen molar-refractivity contribution >= 4 is 11.8 Å². The molecule has 0 bridgehead atoms. The summed E-state index contributed by atoms with van der Waals surface area (Å²) in [5.41, 5.74) is -1.22. The number of carbonyl (C=O) groups is 2. The zero-order valence-corrected chi connectivity index (χ0v) is 10.7. The normalized spacial score (nSPS) is 11.2. The average Bonchev–Trinajstić information content (AvgIpc) is 2.35. The van der Waals surface area contributed by atoms with Crippen LogP contribution in [-0.2, 0) is 11.0 Å². The van der Waals surface area contributed by atoms with Crippen molar-refractivity contribution in [3.8, 4) is 5.75 Å². The number of alkyl halides is 3. The average molecular weight is 290 g/mol. The summed E-state index contributed by atoms with van der Waals surface area (Å²) in [7, 11) is 0. The first-order valence-corrected chi connectivity index (χ1v) is 5.84. The molecule has 0 radical (unpaired) electrons. The second kappa shape index (κ2) is 6.40. The third kappa shape index (κ3) is 4.25. The Labute approximate surface area is 113 Å². The minimum Gasteiger partial charge on any atom is -0.493 e. The molecule has 1 N–H and O–H groups in total. The molecule has 0 spiro atoms. The lowest BCUT2D eigenvalue weighted by Gasteiger charge is -2.13. The lowest BCUT2D eigenvalue weighted by atomic mass is 10.0. The molecule has 0 saturated heterocycles. The number of benzene rings is 1. The highest BCUT2D eigenvalue weighted by Gasteiger charge is 2.32. The Morgan fingerprint density at radius 3 is 2.40 bits per heavy atom. The third-order valence-corrected chi connectivity index (χ3v) is 2.47. The molecule has 0 unspecified atom stereocenters. The number of hydrogen-bond donors (Lipinski definition) is 1. The van der Waals surface area contributed by atoms with Gasteiger partial charge in [-0.05, 0) is 25.1 Å². The molecule has 0 atom stereocenters. The molecule has 0 aromatic heterocycles. The van der Waals surface area contributed by atoms with Gasteiger partial charge in [-0.25, -0.2) is 0 Å². The Kier molecular flexibility index (Phi) is 5.12. The Morgan fingerprint density at radius 1 is 1.25 bits per heavy atom. The quantitative estimate of drug-likeness (QED) is 0.817. The fourth-order valence-electron chi connectivity index (χ4n) is 1.56. The van der Waals surface area contributed by atoms with Gasteiger partial charge in [0.25, 0.3) is 0 Å². The van der Waals surface area contributed by atoms with Crippen molar-refractivity contribution in [2.75, 3.05) is 6.61 Å². The summed E-state index contributed by atoms with van der Waals surface area (Å²) in [6, 6.07) is 2.58. The van der Waals surface area contributed by atoms with E-state index >= 15 is 0 Å². The lowest BCUT2D eigenvalue weighted by Crippen LogP contribution is -2.11. The fourth-order valence-corrected chi connectivity index (χ4v) is 1.56. The zero-order chi connectivity index (χ0) is 15.3. The van der Waals surface area contributed by atoms with Gasteiger partial charge in [-0.15, -0.1) is 0 Å². The van der Waals surface area contributed by atoms with Gasteiger partial charge in [0, 0.05) is 6.42 Å². The number of ketones is 1. The number of carbonyl (C=O) groups excluding carboxylic acids is 1. The van der Waals surface area contributed by atoms with E-state index in [0.717, 1.165) is 12.1 Å². The number of rotatable bonds is 6. The molecule has 0 saturated carbocycles. The van der Waals surface area contributed by atoms with Gasteiger partial charge in [0.1, 0.15) is 5.75 Å². The van der Waals surface area contributed by atoms with Crippen LogP contribution in [0.15, 0.2) is 18.2 Å². The molecule has 0 aliphatic heterocycles. The van der Waals surface area contributed by atoms with E-state index in [0.29, 0.717) is 6.07 Å². The minimum absolute atomic E-state index is 0.0240. The summed E-state index contributed by atoms with van der Waals surface area (Å²) in [5, 5.41) is 8.50. The smallest absolute Gasteiger partial charge is 0.416 e. The van der Waals surface area contributed by atoms with E-state index in [1.165, 1.54) is 0 Å². The molecule has 1 aromatic carbocycles. The van der Waals surface area contributed by atoms with Gasteiger partial charge in [-0.2, -0.15) is 13.2 Å². The molecule has 0 aliphatic rings. The summed E-state index contributed by atoms with van der Waals surface area (Å²) in [6.07, 6.45) is -5.40. The third-order valence-electron chi connectivity index (χ3n) is 2.47. The van der Waals surface area contributed by atoms with Crippen LogP contribution in [0.25, 0.3) is 0 Å². The molecule has 0 fully saturated rings. The number of carboxylic acids is 1. The maximum absolute atomic E-state index is 12.6. The van der Waals surface area contributed by atoms with E-state index in [1.807, 2.05) is 0 Å². The highest BCUT2D eigenvalue weighted by atomic mass is 19.4. The van der Waals surface area contributed by atoms with Crippen LogP contribution in [0.5, 0.6) is 5.75 Å². The Hall–Kier alpha value is -2.05. The van der Waals surface area contributed by atoms with E-state index in [9.17, 15) is 22.8 Å². The van der Waals surface area contributed by atoms with E-state index in [-0.39, 0.29) is 24.3 Å². The molecule has 1 aromatic rings. The highest BCUT2D eigenvalue weighted by Crippen LogP contribution is 2.33. The van der Waals surface area contributed by atoms with Gasteiger partial charge in [0.2, 0.25) is 0 Å². The molecular formula is C13H13F3O4. The van der Waals surface area contributed by atoms with Crippen LogP contribution in [0.3, 0.4) is 0 Å². The van der Waals surface area contributed by atoms with Gasteiger partial charge in [-0.1, -0.05) is 0 Å². The van der Waals surface area contributed by atoms with Gasteiger partial charge < -0.3 is 9.84 Å². The van der Waals surface area contributed by atoms with Crippen molar-refractivity contribution in [2.45, 2.75) is 25.9 Å². The van der Waals surface area contributed by atoms with Crippen molar-refractivity contribution < 1.29 is 32.6 Å². The second-order valence-corrected chi connectivity index (χ2v) is 3.96. The maximum Gasteiger partial charge on any atom is 0.416 e. The van der Waals surface area contributed by atoms with Crippen LogP contribution in [-0.4, -0.2) is 23.5 Å². The molecule has 0 amide bonds. The number of hydrogen-bond acceptors (Lipinski definition) is 3. The fraction of sp³-hybridized carbons (Fsp3) is 0.385. The number of aliphatic carboxylic acids is 1. The molecule has 0 heterocycles. The molecular weight excluding hydrogens is 277 g/mol. The summed E-state index contributed by atoms with van der Waals surface area (Å²) in [5.74, 6) is -1.86.